The Morgan fingerprint density at radius 3 is 2.50 bits per heavy atom. The third-order valence-corrected chi connectivity index (χ3v) is 7.53. The maximum Gasteiger partial charge on any atom is 0.511 e. The maximum atomic E-state index is 11.5. The van der Waals surface area contributed by atoms with Gasteiger partial charge in [-0.2, -0.15) is 13.2 Å². The van der Waals surface area contributed by atoms with Gasteiger partial charge in [0.1, 0.15) is 11.3 Å². The predicted octanol–water partition coefficient (Wildman–Crippen LogP) is 4.63. The average Bonchev–Trinajstić information content (AvgIpc) is 3.16. The zero-order valence-electron chi connectivity index (χ0n) is 19.3. The number of carbonyl (C=O) groups is 1. The first-order valence-electron chi connectivity index (χ1n) is 10.9. The number of pyridine rings is 1. The number of sulfonamides is 1. The van der Waals surface area contributed by atoms with Crippen LogP contribution in [-0.4, -0.2) is 39.5 Å². The first-order chi connectivity index (χ1) is 16.8. The van der Waals surface area contributed by atoms with Crippen molar-refractivity contribution in [2.24, 2.45) is 5.14 Å². The van der Waals surface area contributed by atoms with Crippen LogP contribution in [0, 0.1) is 13.8 Å². The van der Waals surface area contributed by atoms with E-state index in [0.29, 0.717) is 17.9 Å². The highest BCUT2D eigenvalue weighted by Crippen LogP contribution is 2.41. The largest absolute Gasteiger partial charge is 0.511 e. The normalized spacial score (nSPS) is 15.9. The van der Waals surface area contributed by atoms with E-state index in [9.17, 15) is 31.5 Å². The number of rotatable bonds is 5. The van der Waals surface area contributed by atoms with Gasteiger partial charge < -0.3 is 9.67 Å². The molecule has 0 atom stereocenters. The highest BCUT2D eigenvalue weighted by molar-refractivity contribution is 7.90. The van der Waals surface area contributed by atoms with Gasteiger partial charge in [-0.3, -0.25) is 0 Å². The standard InChI is InChI=1S/C22H21N3O2S.CH2F3NO2S/c1-12-10-13(2)23-21-19(12)24-20(14-6-7-14)25(21)11-15-8-9-18(28-15)16-4-3-5-17(16)22(26)27;2-1(3,4)8(5,6)7/h3,5,8-10,14H,4,6-7,11H2,1-2H3,(H,26,27);(H2,5,6,7). The minimum Gasteiger partial charge on any atom is -0.478 e. The van der Waals surface area contributed by atoms with Gasteiger partial charge >= 0.3 is 21.5 Å². The van der Waals surface area contributed by atoms with E-state index < -0.39 is 21.5 Å². The second-order valence-corrected chi connectivity index (χ2v) is 11.4. The number of aliphatic carboxylic acids is 1. The summed E-state index contributed by atoms with van der Waals surface area (Å²) in [6, 6.07) is 6.24. The van der Waals surface area contributed by atoms with E-state index in [1.807, 2.05) is 19.1 Å². The van der Waals surface area contributed by atoms with Crippen LogP contribution in [0.15, 0.2) is 35.9 Å². The van der Waals surface area contributed by atoms with Crippen molar-refractivity contribution < 1.29 is 31.5 Å². The monoisotopic (exact) mass is 540 g/mol. The van der Waals surface area contributed by atoms with Crippen LogP contribution in [0.1, 0.15) is 52.0 Å². The van der Waals surface area contributed by atoms with Crippen molar-refractivity contribution in [1.29, 1.82) is 0 Å². The van der Waals surface area contributed by atoms with Gasteiger partial charge in [0.05, 0.1) is 12.1 Å². The molecule has 3 aromatic heterocycles. The van der Waals surface area contributed by atoms with Crippen LogP contribution in [0.4, 0.5) is 13.2 Å². The fourth-order valence-corrected chi connectivity index (χ4v) is 5.01. The number of imidazole rings is 1. The SMILES string of the molecule is Cc1cc(C)c2nc(C3CC3)n(Cc3ccc(C4=C(C(=O)O)C=CC4)s3)c2n1.NS(=O)(=O)C(F)(F)F. The molecule has 0 aromatic carbocycles. The number of nitrogens with zero attached hydrogens (tertiary/aromatic N) is 3. The Balaban J connectivity index is 0.000000331. The topological polar surface area (TPSA) is 128 Å². The number of hydrogen-bond acceptors (Lipinski definition) is 6. The minimum absolute atomic E-state index is 0.410. The highest BCUT2D eigenvalue weighted by Gasteiger charge is 2.42. The van der Waals surface area contributed by atoms with Crippen LogP contribution < -0.4 is 5.14 Å². The number of halogens is 3. The molecule has 0 aliphatic heterocycles. The van der Waals surface area contributed by atoms with E-state index in [-0.39, 0.29) is 0 Å². The summed E-state index contributed by atoms with van der Waals surface area (Å²) in [5.74, 6) is 0.818. The first-order valence-corrected chi connectivity index (χ1v) is 13.3. The lowest BCUT2D eigenvalue weighted by molar-refractivity contribution is -0.132. The summed E-state index contributed by atoms with van der Waals surface area (Å²) in [5.41, 5.74) is 0.145. The molecule has 2 aliphatic carbocycles. The lowest BCUT2D eigenvalue weighted by Gasteiger charge is -2.07. The molecule has 5 rings (SSSR count). The van der Waals surface area contributed by atoms with Crippen LogP contribution in [0.2, 0.25) is 0 Å². The molecular weight excluding hydrogens is 517 g/mol. The molecule has 0 saturated heterocycles. The molecule has 192 valence electrons. The second-order valence-electron chi connectivity index (χ2n) is 8.64. The molecule has 36 heavy (non-hydrogen) atoms. The minimum atomic E-state index is -5.34. The molecule has 2 aliphatic rings. The summed E-state index contributed by atoms with van der Waals surface area (Å²) >= 11 is 1.67. The van der Waals surface area contributed by atoms with Gasteiger partial charge in [0, 0.05) is 21.4 Å². The van der Waals surface area contributed by atoms with Crippen LogP contribution in [0.3, 0.4) is 0 Å². The van der Waals surface area contributed by atoms with Gasteiger partial charge in [-0.05, 0) is 62.4 Å². The van der Waals surface area contributed by atoms with Gasteiger partial charge in [-0.15, -0.1) is 11.3 Å². The van der Waals surface area contributed by atoms with Crippen molar-refractivity contribution in [2.45, 2.75) is 51.1 Å². The molecule has 0 amide bonds. The molecule has 3 aromatic rings. The molecule has 1 fully saturated rings. The quantitative estimate of drug-likeness (QED) is 0.486. The van der Waals surface area contributed by atoms with Crippen LogP contribution >= 0.6 is 11.3 Å². The van der Waals surface area contributed by atoms with Crippen LogP contribution in [0.5, 0.6) is 0 Å². The van der Waals surface area contributed by atoms with Gasteiger partial charge in [-0.1, -0.05) is 12.2 Å². The summed E-state index contributed by atoms with van der Waals surface area (Å²) in [4.78, 5) is 23.4. The third-order valence-electron chi connectivity index (χ3n) is 5.75. The summed E-state index contributed by atoms with van der Waals surface area (Å²) in [6.07, 6.45) is 6.70. The van der Waals surface area contributed by atoms with E-state index in [0.717, 1.165) is 39.7 Å². The highest BCUT2D eigenvalue weighted by atomic mass is 32.2. The Morgan fingerprint density at radius 2 is 1.92 bits per heavy atom. The van der Waals surface area contributed by atoms with Crippen LogP contribution in [-0.2, 0) is 21.4 Å². The summed E-state index contributed by atoms with van der Waals surface area (Å²) in [7, 11) is -5.34. The molecule has 8 nitrogen and oxygen atoms in total. The van der Waals surface area contributed by atoms with Crippen molar-refractivity contribution in [2.75, 3.05) is 0 Å². The molecule has 3 N–H and O–H groups in total. The van der Waals surface area contributed by atoms with E-state index in [4.69, 9.17) is 9.97 Å². The number of alkyl halides is 3. The summed E-state index contributed by atoms with van der Waals surface area (Å²) in [5, 5.41) is 13.1. The van der Waals surface area contributed by atoms with Crippen molar-refractivity contribution in [3.8, 4) is 0 Å². The first kappa shape index (κ1) is 26.0. The number of carboxylic acid groups (broad SMARTS) is 1. The Kier molecular flexibility index (Phi) is 6.84. The Bertz CT molecular complexity index is 1510. The van der Waals surface area contributed by atoms with E-state index in [1.165, 1.54) is 23.3 Å². The third kappa shape index (κ3) is 5.37. The Labute approximate surface area is 209 Å². The van der Waals surface area contributed by atoms with Crippen molar-refractivity contribution >= 4 is 44.1 Å². The van der Waals surface area contributed by atoms with Gasteiger partial charge in [0.2, 0.25) is 0 Å². The number of aryl methyl sites for hydroxylation is 2. The number of allylic oxidation sites excluding steroid dienone is 2. The van der Waals surface area contributed by atoms with Crippen molar-refractivity contribution in [3.05, 3.63) is 62.8 Å². The van der Waals surface area contributed by atoms with Crippen molar-refractivity contribution in [3.63, 3.8) is 0 Å². The molecule has 0 bridgehead atoms. The number of nitrogens with two attached hydrogens (primary N) is 1. The molecule has 1 saturated carbocycles. The molecule has 0 spiro atoms. The zero-order valence-corrected chi connectivity index (χ0v) is 21.0. The smallest absolute Gasteiger partial charge is 0.478 e. The predicted molar refractivity (Wildman–Crippen MR) is 130 cm³/mol. The fourth-order valence-electron chi connectivity index (χ4n) is 3.95. The number of thiophene rings is 1. The van der Waals surface area contributed by atoms with Crippen LogP contribution in [0.25, 0.3) is 16.7 Å². The van der Waals surface area contributed by atoms with Gasteiger partial charge in [0.15, 0.2) is 5.65 Å². The van der Waals surface area contributed by atoms with Gasteiger partial charge in [-0.25, -0.2) is 28.3 Å². The number of primary sulfonamides is 1. The maximum absolute atomic E-state index is 11.5. The van der Waals surface area contributed by atoms with E-state index in [2.05, 4.69) is 28.8 Å². The summed E-state index contributed by atoms with van der Waals surface area (Å²) in [6.45, 7) is 4.85. The van der Waals surface area contributed by atoms with E-state index >= 15 is 0 Å². The van der Waals surface area contributed by atoms with E-state index in [1.54, 1.807) is 17.4 Å². The van der Waals surface area contributed by atoms with Crippen molar-refractivity contribution in [1.82, 2.24) is 14.5 Å². The lowest BCUT2D eigenvalue weighted by Crippen LogP contribution is -2.30. The molecular formula is C23H23F3N4O4S2. The number of carboxylic acids is 1. The fraction of sp³-hybridized carbons (Fsp3) is 0.348. The molecule has 0 unspecified atom stereocenters. The zero-order chi connectivity index (χ0) is 26.4. The molecule has 3 heterocycles. The molecule has 13 heteroatoms. The average molecular weight is 541 g/mol. The molecule has 0 radical (unpaired) electrons. The Hall–Kier alpha value is -3.03. The number of fused-ring (bicyclic) bond motifs is 1. The number of hydrogen-bond donors (Lipinski definition) is 2. The number of aromatic nitrogens is 3. The Morgan fingerprint density at radius 1 is 1.25 bits per heavy atom. The van der Waals surface area contributed by atoms with Gasteiger partial charge in [0.25, 0.3) is 0 Å². The lowest BCUT2D eigenvalue weighted by atomic mass is 10.1. The second kappa shape index (κ2) is 9.45. The summed E-state index contributed by atoms with van der Waals surface area (Å²) < 4.78 is 53.4.